The highest BCUT2D eigenvalue weighted by molar-refractivity contribution is 7.92. The molecule has 1 N–H and O–H groups in total. The molecule has 0 saturated heterocycles. The molecule has 10 heteroatoms. The summed E-state index contributed by atoms with van der Waals surface area (Å²) in [5.74, 6) is -0.0871. The van der Waals surface area contributed by atoms with Crippen LogP contribution in [0.25, 0.3) is 0 Å². The number of amides is 1. The normalized spacial score (nSPS) is 11.3. The minimum atomic E-state index is -4.06. The molecule has 0 aliphatic rings. The minimum absolute atomic E-state index is 0.0144. The van der Waals surface area contributed by atoms with Crippen molar-refractivity contribution in [2.45, 2.75) is 4.90 Å². The second kappa shape index (κ2) is 11.0. The van der Waals surface area contributed by atoms with Gasteiger partial charge in [-0.05, 0) is 66.2 Å². The van der Waals surface area contributed by atoms with Crippen LogP contribution < -0.4 is 19.4 Å². The van der Waals surface area contributed by atoms with Crippen molar-refractivity contribution >= 4 is 45.1 Å². The molecule has 34 heavy (non-hydrogen) atoms. The van der Waals surface area contributed by atoms with Crippen molar-refractivity contribution in [1.82, 2.24) is 5.43 Å². The van der Waals surface area contributed by atoms with Gasteiger partial charge in [0.25, 0.3) is 15.9 Å². The number of nitrogens with one attached hydrogen (secondary N) is 1. The van der Waals surface area contributed by atoms with Crippen molar-refractivity contribution in [3.63, 3.8) is 0 Å². The summed E-state index contributed by atoms with van der Waals surface area (Å²) < 4.78 is 32.8. The van der Waals surface area contributed by atoms with Gasteiger partial charge in [0, 0.05) is 24.8 Å². The molecular formula is C24H25ClN4O4S. The molecule has 3 rings (SSSR count). The average Bonchev–Trinajstić information content (AvgIpc) is 2.83. The topological polar surface area (TPSA) is 91.3 Å². The van der Waals surface area contributed by atoms with E-state index in [9.17, 15) is 13.2 Å². The van der Waals surface area contributed by atoms with Crippen molar-refractivity contribution < 1.29 is 17.9 Å². The molecule has 3 aromatic rings. The lowest BCUT2D eigenvalue weighted by molar-refractivity contribution is -0.119. The van der Waals surface area contributed by atoms with Crippen LogP contribution in [-0.4, -0.2) is 48.3 Å². The Hall–Kier alpha value is -3.56. The molecule has 178 valence electrons. The molecule has 0 atom stereocenters. The van der Waals surface area contributed by atoms with Crippen LogP contribution in [-0.2, 0) is 14.8 Å². The van der Waals surface area contributed by atoms with Gasteiger partial charge in [-0.2, -0.15) is 5.10 Å². The van der Waals surface area contributed by atoms with Gasteiger partial charge >= 0.3 is 0 Å². The maximum atomic E-state index is 13.4. The number of rotatable bonds is 9. The van der Waals surface area contributed by atoms with Crippen molar-refractivity contribution in [1.29, 1.82) is 0 Å². The largest absolute Gasteiger partial charge is 0.497 e. The SMILES string of the molecule is COc1ccc(S(=O)(=O)N(CC(=O)N/N=C/c2ccc(N(C)C)cc2)c2ccc(Cl)cc2)cc1. The molecule has 0 radical (unpaired) electrons. The first-order valence-corrected chi connectivity index (χ1v) is 12.0. The van der Waals surface area contributed by atoms with Crippen LogP contribution >= 0.6 is 11.6 Å². The number of hydrogen-bond donors (Lipinski definition) is 1. The van der Waals surface area contributed by atoms with Gasteiger partial charge in [0.1, 0.15) is 12.3 Å². The Kier molecular flexibility index (Phi) is 8.14. The first-order chi connectivity index (χ1) is 16.2. The molecular weight excluding hydrogens is 476 g/mol. The molecule has 0 unspecified atom stereocenters. The van der Waals surface area contributed by atoms with Crippen LogP contribution in [0.3, 0.4) is 0 Å². The standard InChI is InChI=1S/C24H25ClN4O4S/c1-28(2)20-8-4-18(5-9-20)16-26-27-24(30)17-29(21-10-6-19(25)7-11-21)34(31,32)23-14-12-22(33-3)13-15-23/h4-16H,17H2,1-3H3,(H,27,30)/b26-16+. The predicted octanol–water partition coefficient (Wildman–Crippen LogP) is 3.76. The van der Waals surface area contributed by atoms with Gasteiger partial charge < -0.3 is 9.64 Å². The number of halogens is 1. The second-order valence-electron chi connectivity index (χ2n) is 7.44. The highest BCUT2D eigenvalue weighted by atomic mass is 35.5. The minimum Gasteiger partial charge on any atom is -0.497 e. The Bertz CT molecular complexity index is 1240. The number of anilines is 2. The lowest BCUT2D eigenvalue weighted by Gasteiger charge is -2.23. The third-order valence-corrected chi connectivity index (χ3v) is 6.90. The van der Waals surface area contributed by atoms with Crippen LogP contribution in [0, 0.1) is 0 Å². The van der Waals surface area contributed by atoms with Crippen molar-refractivity contribution in [2.75, 3.05) is 37.0 Å². The predicted molar refractivity (Wildman–Crippen MR) is 135 cm³/mol. The first kappa shape index (κ1) is 25.1. The Morgan fingerprint density at radius 3 is 2.12 bits per heavy atom. The third-order valence-electron chi connectivity index (χ3n) is 4.86. The lowest BCUT2D eigenvalue weighted by Crippen LogP contribution is -2.39. The molecule has 0 spiro atoms. The Labute approximate surface area is 204 Å². The Morgan fingerprint density at radius 1 is 0.971 bits per heavy atom. The molecule has 0 aliphatic carbocycles. The number of nitrogens with zero attached hydrogens (tertiary/aromatic N) is 3. The fourth-order valence-electron chi connectivity index (χ4n) is 3.00. The summed E-state index contributed by atoms with van der Waals surface area (Å²) in [7, 11) is 1.31. The van der Waals surface area contributed by atoms with E-state index in [-0.39, 0.29) is 4.90 Å². The van der Waals surface area contributed by atoms with Crippen LogP contribution in [0.15, 0.2) is 82.8 Å². The molecule has 3 aromatic carbocycles. The number of ether oxygens (including phenoxy) is 1. The Morgan fingerprint density at radius 2 is 1.56 bits per heavy atom. The summed E-state index contributed by atoms with van der Waals surface area (Å²) in [6, 6.07) is 19.7. The Balaban J connectivity index is 1.79. The average molecular weight is 501 g/mol. The van der Waals surface area contributed by atoms with Gasteiger partial charge in [-0.3, -0.25) is 9.10 Å². The van der Waals surface area contributed by atoms with Crippen molar-refractivity contribution in [3.8, 4) is 5.75 Å². The first-order valence-electron chi connectivity index (χ1n) is 10.2. The van der Waals surface area contributed by atoms with Gasteiger partial charge in [-0.25, -0.2) is 13.8 Å². The summed E-state index contributed by atoms with van der Waals surface area (Å²) in [4.78, 5) is 14.6. The number of methoxy groups -OCH3 is 1. The van der Waals surface area contributed by atoms with Gasteiger partial charge in [0.15, 0.2) is 0 Å². The monoisotopic (exact) mass is 500 g/mol. The van der Waals surface area contributed by atoms with E-state index in [1.807, 2.05) is 43.3 Å². The van der Waals surface area contributed by atoms with Crippen LogP contribution in [0.2, 0.25) is 5.02 Å². The zero-order chi connectivity index (χ0) is 24.7. The number of carbonyl (C=O) groups is 1. The fourth-order valence-corrected chi connectivity index (χ4v) is 4.55. The molecule has 1 amide bonds. The number of hydrazone groups is 1. The summed E-state index contributed by atoms with van der Waals surface area (Å²) in [6.45, 7) is -0.479. The van der Waals surface area contributed by atoms with E-state index in [2.05, 4.69) is 10.5 Å². The number of benzene rings is 3. The molecule has 0 aromatic heterocycles. The van der Waals surface area contributed by atoms with Crippen LogP contribution in [0.1, 0.15) is 5.56 Å². The maximum Gasteiger partial charge on any atom is 0.264 e. The number of carbonyl (C=O) groups excluding carboxylic acids is 1. The van der Waals surface area contributed by atoms with Gasteiger partial charge in [0.2, 0.25) is 0 Å². The van der Waals surface area contributed by atoms with E-state index in [1.54, 1.807) is 24.3 Å². The van der Waals surface area contributed by atoms with Crippen LogP contribution in [0.4, 0.5) is 11.4 Å². The van der Waals surface area contributed by atoms with Gasteiger partial charge in [0.05, 0.1) is 23.9 Å². The summed E-state index contributed by atoms with van der Waals surface area (Å²) in [5, 5.41) is 4.40. The second-order valence-corrected chi connectivity index (χ2v) is 9.74. The third kappa shape index (κ3) is 6.27. The van der Waals surface area contributed by atoms with Crippen molar-refractivity contribution in [2.24, 2.45) is 5.10 Å². The molecule has 0 heterocycles. The molecule has 0 saturated carbocycles. The van der Waals surface area contributed by atoms with Crippen LogP contribution in [0.5, 0.6) is 5.75 Å². The summed E-state index contributed by atoms with van der Waals surface area (Å²) in [5.41, 5.74) is 4.49. The van der Waals surface area contributed by atoms with E-state index < -0.39 is 22.5 Å². The number of sulfonamides is 1. The highest BCUT2D eigenvalue weighted by Gasteiger charge is 2.27. The maximum absolute atomic E-state index is 13.4. The lowest BCUT2D eigenvalue weighted by atomic mass is 10.2. The molecule has 0 bridgehead atoms. The van der Waals surface area contributed by atoms with Crippen molar-refractivity contribution in [3.05, 3.63) is 83.4 Å². The van der Waals surface area contributed by atoms with E-state index in [1.165, 1.54) is 37.6 Å². The summed E-state index contributed by atoms with van der Waals surface area (Å²) >= 11 is 5.96. The highest BCUT2D eigenvalue weighted by Crippen LogP contribution is 2.26. The van der Waals surface area contributed by atoms with E-state index in [0.29, 0.717) is 16.5 Å². The van der Waals surface area contributed by atoms with E-state index in [0.717, 1.165) is 15.6 Å². The fraction of sp³-hybridized carbons (Fsp3) is 0.167. The van der Waals surface area contributed by atoms with E-state index >= 15 is 0 Å². The zero-order valence-corrected chi connectivity index (χ0v) is 20.5. The van der Waals surface area contributed by atoms with Gasteiger partial charge in [-0.15, -0.1) is 0 Å². The summed E-state index contributed by atoms with van der Waals surface area (Å²) in [6.07, 6.45) is 1.49. The smallest absolute Gasteiger partial charge is 0.264 e. The molecule has 8 nitrogen and oxygen atoms in total. The van der Waals surface area contributed by atoms with Gasteiger partial charge in [-0.1, -0.05) is 23.7 Å². The molecule has 0 fully saturated rings. The van der Waals surface area contributed by atoms with E-state index in [4.69, 9.17) is 16.3 Å². The zero-order valence-electron chi connectivity index (χ0n) is 19.0. The molecule has 0 aliphatic heterocycles. The quantitative estimate of drug-likeness (QED) is 0.357. The number of hydrogen-bond acceptors (Lipinski definition) is 6.